The van der Waals surface area contributed by atoms with Crippen molar-refractivity contribution in [1.82, 2.24) is 9.91 Å². The van der Waals surface area contributed by atoms with Gasteiger partial charge >= 0.3 is 0 Å². The molecule has 0 N–H and O–H groups in total. The van der Waals surface area contributed by atoms with Crippen LogP contribution in [0.15, 0.2) is 77.9 Å². The molecule has 2 aliphatic heterocycles. The number of halogens is 1. The fourth-order valence-corrected chi connectivity index (χ4v) is 5.05. The molecule has 8 heteroatoms. The zero-order chi connectivity index (χ0) is 26.5. The SMILES string of the molecule is CCOc1ccc(C2CC(c3cccc(OC)c3)=NN2C(=O)CN2CCN(c3ccccc3F)CC2)cc1. The second-order valence-corrected chi connectivity index (χ2v) is 9.45. The van der Waals surface area contributed by atoms with Crippen molar-refractivity contribution in [3.8, 4) is 11.5 Å². The highest BCUT2D eigenvalue weighted by molar-refractivity contribution is 6.03. The van der Waals surface area contributed by atoms with Crippen LogP contribution in [0.1, 0.15) is 30.5 Å². The van der Waals surface area contributed by atoms with Crippen molar-refractivity contribution in [2.24, 2.45) is 5.10 Å². The smallest absolute Gasteiger partial charge is 0.257 e. The van der Waals surface area contributed by atoms with Crippen molar-refractivity contribution >= 4 is 17.3 Å². The number of amides is 1. The minimum atomic E-state index is -0.216. The largest absolute Gasteiger partial charge is 0.497 e. The Bertz CT molecular complexity index is 1290. The Morgan fingerprint density at radius 1 is 0.974 bits per heavy atom. The van der Waals surface area contributed by atoms with Crippen molar-refractivity contribution in [2.45, 2.75) is 19.4 Å². The van der Waals surface area contributed by atoms with Crippen molar-refractivity contribution in [1.29, 1.82) is 0 Å². The van der Waals surface area contributed by atoms with Gasteiger partial charge in [0, 0.05) is 38.2 Å². The van der Waals surface area contributed by atoms with Gasteiger partial charge in [-0.1, -0.05) is 36.4 Å². The first-order valence-electron chi connectivity index (χ1n) is 13.0. The Kier molecular flexibility index (Phi) is 7.89. The average Bonchev–Trinajstić information content (AvgIpc) is 3.40. The van der Waals surface area contributed by atoms with E-state index in [-0.39, 0.29) is 24.3 Å². The molecule has 1 fully saturated rings. The molecule has 1 saturated heterocycles. The van der Waals surface area contributed by atoms with Gasteiger partial charge < -0.3 is 14.4 Å². The number of carbonyl (C=O) groups excluding carboxylic acids is 1. The van der Waals surface area contributed by atoms with E-state index in [0.717, 1.165) is 28.3 Å². The molecule has 3 aromatic carbocycles. The number of piperazine rings is 1. The standard InChI is InChI=1S/C30H33FN4O3/c1-3-38-24-13-11-22(12-14-24)29-20-27(23-7-6-8-25(19-23)37-2)32-35(29)30(36)21-33-15-17-34(18-16-33)28-10-5-4-9-26(28)31/h4-14,19,29H,3,15-18,20-21H2,1-2H3. The summed E-state index contributed by atoms with van der Waals surface area (Å²) >= 11 is 0. The van der Waals surface area contributed by atoms with E-state index in [2.05, 4.69) is 4.90 Å². The van der Waals surface area contributed by atoms with E-state index in [1.165, 1.54) is 6.07 Å². The third kappa shape index (κ3) is 5.65. The molecule has 7 nitrogen and oxygen atoms in total. The van der Waals surface area contributed by atoms with Gasteiger partial charge in [0.25, 0.3) is 5.91 Å². The first kappa shape index (κ1) is 25.7. The van der Waals surface area contributed by atoms with Crippen LogP contribution in [-0.2, 0) is 4.79 Å². The minimum Gasteiger partial charge on any atom is -0.497 e. The number of carbonyl (C=O) groups is 1. The molecule has 0 radical (unpaired) electrons. The van der Waals surface area contributed by atoms with Crippen LogP contribution in [0.4, 0.5) is 10.1 Å². The van der Waals surface area contributed by atoms with Gasteiger partial charge in [-0.3, -0.25) is 9.69 Å². The second-order valence-electron chi connectivity index (χ2n) is 9.45. The molecule has 0 aliphatic carbocycles. The van der Waals surface area contributed by atoms with E-state index in [0.29, 0.717) is 44.9 Å². The molecule has 3 aromatic rings. The first-order chi connectivity index (χ1) is 18.6. The van der Waals surface area contributed by atoms with Crippen molar-refractivity contribution in [3.05, 3.63) is 89.7 Å². The maximum Gasteiger partial charge on any atom is 0.257 e. The number of rotatable bonds is 8. The number of anilines is 1. The molecule has 1 atom stereocenters. The number of benzene rings is 3. The van der Waals surface area contributed by atoms with Gasteiger partial charge in [0.1, 0.15) is 17.3 Å². The van der Waals surface area contributed by atoms with Crippen LogP contribution in [0, 0.1) is 5.82 Å². The topological polar surface area (TPSA) is 57.6 Å². The molecule has 2 aliphatic rings. The lowest BCUT2D eigenvalue weighted by Crippen LogP contribution is -2.49. The highest BCUT2D eigenvalue weighted by atomic mass is 19.1. The Morgan fingerprint density at radius 2 is 1.74 bits per heavy atom. The normalized spacial score (nSPS) is 17.9. The molecule has 2 heterocycles. The van der Waals surface area contributed by atoms with Gasteiger partial charge in [0.2, 0.25) is 0 Å². The summed E-state index contributed by atoms with van der Waals surface area (Å²) in [5.41, 5.74) is 3.41. The summed E-state index contributed by atoms with van der Waals surface area (Å²) in [5.74, 6) is 1.28. The van der Waals surface area contributed by atoms with Crippen molar-refractivity contribution in [2.75, 3.05) is 51.3 Å². The molecule has 1 amide bonds. The number of nitrogens with zero attached hydrogens (tertiary/aromatic N) is 4. The highest BCUT2D eigenvalue weighted by Crippen LogP contribution is 2.34. The predicted molar refractivity (Wildman–Crippen MR) is 146 cm³/mol. The summed E-state index contributed by atoms with van der Waals surface area (Å²) in [7, 11) is 1.64. The summed E-state index contributed by atoms with van der Waals surface area (Å²) in [6, 6.07) is 22.3. The summed E-state index contributed by atoms with van der Waals surface area (Å²) in [5, 5.41) is 6.45. The highest BCUT2D eigenvalue weighted by Gasteiger charge is 2.34. The van der Waals surface area contributed by atoms with Crippen LogP contribution in [0.5, 0.6) is 11.5 Å². The minimum absolute atomic E-state index is 0.0545. The molecular weight excluding hydrogens is 483 g/mol. The first-order valence-corrected chi connectivity index (χ1v) is 13.0. The lowest BCUT2D eigenvalue weighted by atomic mass is 9.98. The van der Waals surface area contributed by atoms with E-state index in [1.54, 1.807) is 24.3 Å². The van der Waals surface area contributed by atoms with Gasteiger partial charge in [-0.05, 0) is 48.9 Å². The maximum atomic E-state index is 14.2. The van der Waals surface area contributed by atoms with Crippen LogP contribution in [0.3, 0.4) is 0 Å². The van der Waals surface area contributed by atoms with E-state index < -0.39 is 0 Å². The fraction of sp³-hybridized carbons (Fsp3) is 0.333. The van der Waals surface area contributed by atoms with Crippen LogP contribution < -0.4 is 14.4 Å². The fourth-order valence-electron chi connectivity index (χ4n) is 5.05. The lowest BCUT2D eigenvalue weighted by molar-refractivity contribution is -0.134. The van der Waals surface area contributed by atoms with Gasteiger partial charge in [0.05, 0.1) is 37.7 Å². The van der Waals surface area contributed by atoms with Gasteiger partial charge in [-0.2, -0.15) is 5.10 Å². The Labute approximate surface area is 223 Å². The molecule has 0 spiro atoms. The van der Waals surface area contributed by atoms with Gasteiger partial charge in [-0.15, -0.1) is 0 Å². The van der Waals surface area contributed by atoms with Crippen LogP contribution in [-0.4, -0.2) is 68.0 Å². The summed E-state index contributed by atoms with van der Waals surface area (Å²) < 4.78 is 25.2. The molecule has 1 unspecified atom stereocenters. The number of methoxy groups -OCH3 is 1. The molecule has 5 rings (SSSR count). The zero-order valence-electron chi connectivity index (χ0n) is 21.8. The van der Waals surface area contributed by atoms with E-state index in [1.807, 2.05) is 66.4 Å². The summed E-state index contributed by atoms with van der Waals surface area (Å²) in [4.78, 5) is 17.8. The van der Waals surface area contributed by atoms with E-state index in [4.69, 9.17) is 14.6 Å². The molecule has 0 bridgehead atoms. The zero-order valence-corrected chi connectivity index (χ0v) is 21.8. The number of hydrogen-bond acceptors (Lipinski definition) is 6. The van der Waals surface area contributed by atoms with Crippen LogP contribution >= 0.6 is 0 Å². The molecule has 0 aromatic heterocycles. The lowest BCUT2D eigenvalue weighted by Gasteiger charge is -2.36. The van der Waals surface area contributed by atoms with E-state index in [9.17, 15) is 9.18 Å². The molecule has 0 saturated carbocycles. The Morgan fingerprint density at radius 3 is 2.45 bits per heavy atom. The molecular formula is C30H33FN4O3. The number of para-hydroxylation sites is 1. The third-order valence-corrected chi connectivity index (χ3v) is 7.07. The van der Waals surface area contributed by atoms with Crippen molar-refractivity contribution < 1.29 is 18.7 Å². The van der Waals surface area contributed by atoms with Crippen molar-refractivity contribution in [3.63, 3.8) is 0 Å². The maximum absolute atomic E-state index is 14.2. The quantitative estimate of drug-likeness (QED) is 0.433. The monoisotopic (exact) mass is 516 g/mol. The number of ether oxygens (including phenoxy) is 2. The van der Waals surface area contributed by atoms with Crippen LogP contribution in [0.2, 0.25) is 0 Å². The predicted octanol–water partition coefficient (Wildman–Crippen LogP) is 4.73. The van der Waals surface area contributed by atoms with Gasteiger partial charge in [0.15, 0.2) is 0 Å². The third-order valence-electron chi connectivity index (χ3n) is 7.07. The number of hydrazone groups is 1. The average molecular weight is 517 g/mol. The Hall–Kier alpha value is -3.91. The second kappa shape index (κ2) is 11.6. The summed E-state index contributed by atoms with van der Waals surface area (Å²) in [6.45, 7) is 5.48. The summed E-state index contributed by atoms with van der Waals surface area (Å²) in [6.07, 6.45) is 0.605. The number of hydrogen-bond donors (Lipinski definition) is 0. The van der Waals surface area contributed by atoms with Crippen LogP contribution in [0.25, 0.3) is 0 Å². The Balaban J connectivity index is 1.32. The molecule has 198 valence electrons. The molecule has 38 heavy (non-hydrogen) atoms. The van der Waals surface area contributed by atoms with E-state index >= 15 is 0 Å². The van der Waals surface area contributed by atoms with Gasteiger partial charge in [-0.25, -0.2) is 9.40 Å².